The fourth-order valence-corrected chi connectivity index (χ4v) is 1.69. The fourth-order valence-electron chi connectivity index (χ4n) is 1.69. The number of carbonyl (C=O) groups excluding carboxylic acids is 1. The first-order valence-electron chi connectivity index (χ1n) is 5.90. The molecular formula is C12H21N3O. The highest BCUT2D eigenvalue weighted by Gasteiger charge is 2.10. The van der Waals surface area contributed by atoms with Crippen molar-refractivity contribution in [3.63, 3.8) is 0 Å². The normalized spacial score (nSPS) is 11.4. The van der Waals surface area contributed by atoms with Crippen molar-refractivity contribution in [2.45, 2.75) is 53.0 Å². The lowest BCUT2D eigenvalue weighted by atomic mass is 10.0. The molecular weight excluding hydrogens is 202 g/mol. The number of rotatable bonds is 6. The van der Waals surface area contributed by atoms with E-state index in [9.17, 15) is 4.79 Å². The van der Waals surface area contributed by atoms with Crippen LogP contribution in [0.2, 0.25) is 0 Å². The summed E-state index contributed by atoms with van der Waals surface area (Å²) in [6.45, 7) is 8.26. The number of aromatic nitrogens is 3. The summed E-state index contributed by atoms with van der Waals surface area (Å²) in [6, 6.07) is 0.303. The van der Waals surface area contributed by atoms with Crippen LogP contribution in [-0.4, -0.2) is 20.5 Å². The zero-order chi connectivity index (χ0) is 12.1. The second-order valence-corrected chi connectivity index (χ2v) is 4.85. The quantitative estimate of drug-likeness (QED) is 0.744. The van der Waals surface area contributed by atoms with Crippen molar-refractivity contribution in [2.75, 3.05) is 0 Å². The van der Waals surface area contributed by atoms with E-state index >= 15 is 0 Å². The summed E-state index contributed by atoms with van der Waals surface area (Å²) in [6.07, 6.45) is 3.49. The van der Waals surface area contributed by atoms with E-state index in [1.165, 1.54) is 0 Å². The average Bonchev–Trinajstić information content (AvgIpc) is 2.61. The lowest BCUT2D eigenvalue weighted by Crippen LogP contribution is -2.11. The molecule has 0 radical (unpaired) electrons. The van der Waals surface area contributed by atoms with Crippen molar-refractivity contribution in [1.82, 2.24) is 14.8 Å². The highest BCUT2D eigenvalue weighted by Crippen LogP contribution is 2.09. The van der Waals surface area contributed by atoms with Gasteiger partial charge in [0.15, 0.2) is 0 Å². The minimum Gasteiger partial charge on any atom is -0.300 e. The molecule has 4 nitrogen and oxygen atoms in total. The topological polar surface area (TPSA) is 47.8 Å². The van der Waals surface area contributed by atoms with Crippen LogP contribution in [0, 0.1) is 5.92 Å². The molecule has 0 unspecified atom stereocenters. The number of aryl methyl sites for hydroxylation is 1. The maximum atomic E-state index is 11.6. The van der Waals surface area contributed by atoms with E-state index in [0.717, 1.165) is 5.82 Å². The third-order valence-electron chi connectivity index (χ3n) is 2.40. The van der Waals surface area contributed by atoms with Crippen molar-refractivity contribution in [3.05, 3.63) is 12.2 Å². The Labute approximate surface area is 97.1 Å². The molecule has 0 aliphatic carbocycles. The molecule has 0 saturated carbocycles. The van der Waals surface area contributed by atoms with Crippen molar-refractivity contribution < 1.29 is 4.79 Å². The highest BCUT2D eigenvalue weighted by atomic mass is 16.1. The molecule has 0 spiro atoms. The van der Waals surface area contributed by atoms with Gasteiger partial charge in [0.25, 0.3) is 0 Å². The van der Waals surface area contributed by atoms with E-state index in [4.69, 9.17) is 0 Å². The van der Waals surface area contributed by atoms with Gasteiger partial charge in [-0.2, -0.15) is 5.10 Å². The average molecular weight is 223 g/mol. The summed E-state index contributed by atoms with van der Waals surface area (Å²) < 4.78 is 1.88. The summed E-state index contributed by atoms with van der Waals surface area (Å²) in [5.74, 6) is 1.66. The van der Waals surface area contributed by atoms with Gasteiger partial charge in [0.2, 0.25) is 0 Å². The molecule has 0 amide bonds. The van der Waals surface area contributed by atoms with E-state index in [0.29, 0.717) is 37.0 Å². The van der Waals surface area contributed by atoms with Gasteiger partial charge >= 0.3 is 0 Å². The predicted octanol–water partition coefficient (Wildman–Crippen LogP) is 2.41. The fraction of sp³-hybridized carbons (Fsp3) is 0.750. The van der Waals surface area contributed by atoms with E-state index in [-0.39, 0.29) is 0 Å². The summed E-state index contributed by atoms with van der Waals surface area (Å²) >= 11 is 0. The Morgan fingerprint density at radius 3 is 2.62 bits per heavy atom. The minimum atomic E-state index is 0.303. The monoisotopic (exact) mass is 223 g/mol. The summed E-state index contributed by atoms with van der Waals surface area (Å²) in [7, 11) is 0. The van der Waals surface area contributed by atoms with Crippen LogP contribution in [0.3, 0.4) is 0 Å². The Balaban J connectivity index is 2.48. The van der Waals surface area contributed by atoms with Crippen molar-refractivity contribution in [1.29, 1.82) is 0 Å². The minimum absolute atomic E-state index is 0.303. The Kier molecular flexibility index (Phi) is 4.65. The Hall–Kier alpha value is -1.19. The zero-order valence-electron chi connectivity index (χ0n) is 10.6. The Morgan fingerprint density at radius 2 is 2.06 bits per heavy atom. The maximum Gasteiger partial charge on any atom is 0.138 e. The van der Waals surface area contributed by atoms with Gasteiger partial charge < -0.3 is 0 Å². The molecule has 4 heteroatoms. The van der Waals surface area contributed by atoms with Crippen molar-refractivity contribution >= 4 is 5.78 Å². The lowest BCUT2D eigenvalue weighted by Gasteiger charge is -2.09. The Bertz CT molecular complexity index is 342. The first kappa shape index (κ1) is 12.9. The smallest absolute Gasteiger partial charge is 0.138 e. The van der Waals surface area contributed by atoms with Crippen LogP contribution in [-0.2, 0) is 11.2 Å². The van der Waals surface area contributed by atoms with Crippen LogP contribution in [0.5, 0.6) is 0 Å². The summed E-state index contributed by atoms with van der Waals surface area (Å²) in [5, 5.41) is 4.15. The zero-order valence-corrected chi connectivity index (χ0v) is 10.6. The maximum absolute atomic E-state index is 11.6. The van der Waals surface area contributed by atoms with Crippen molar-refractivity contribution in [2.24, 2.45) is 5.92 Å². The molecule has 90 valence electrons. The molecule has 0 fully saturated rings. The molecule has 1 rings (SSSR count). The van der Waals surface area contributed by atoms with Crippen LogP contribution in [0.1, 0.15) is 52.4 Å². The number of hydrogen-bond acceptors (Lipinski definition) is 3. The van der Waals surface area contributed by atoms with Crippen LogP contribution in [0.15, 0.2) is 6.33 Å². The van der Waals surface area contributed by atoms with E-state index in [1.807, 2.05) is 4.68 Å². The van der Waals surface area contributed by atoms with Crippen LogP contribution < -0.4 is 0 Å². The van der Waals surface area contributed by atoms with Gasteiger partial charge in [-0.25, -0.2) is 9.67 Å². The highest BCUT2D eigenvalue weighted by molar-refractivity contribution is 5.78. The van der Waals surface area contributed by atoms with Gasteiger partial charge in [0.1, 0.15) is 17.9 Å². The molecule has 0 atom stereocenters. The van der Waals surface area contributed by atoms with Crippen LogP contribution in [0.4, 0.5) is 0 Å². The Morgan fingerprint density at radius 1 is 1.38 bits per heavy atom. The second-order valence-electron chi connectivity index (χ2n) is 4.85. The SMILES string of the molecule is CC(C)CC(=O)CCc1ncnn1C(C)C. The van der Waals surface area contributed by atoms with E-state index in [1.54, 1.807) is 6.33 Å². The summed E-state index contributed by atoms with van der Waals surface area (Å²) in [5.41, 5.74) is 0. The van der Waals surface area contributed by atoms with Crippen molar-refractivity contribution in [3.8, 4) is 0 Å². The number of carbonyl (C=O) groups is 1. The van der Waals surface area contributed by atoms with Crippen LogP contribution >= 0.6 is 0 Å². The number of ketones is 1. The lowest BCUT2D eigenvalue weighted by molar-refractivity contribution is -0.119. The second kappa shape index (κ2) is 5.77. The first-order chi connectivity index (χ1) is 7.50. The molecule has 16 heavy (non-hydrogen) atoms. The van der Waals surface area contributed by atoms with Gasteiger partial charge in [0.05, 0.1) is 0 Å². The summed E-state index contributed by atoms with van der Waals surface area (Å²) in [4.78, 5) is 15.8. The molecule has 0 bridgehead atoms. The third kappa shape index (κ3) is 3.76. The number of nitrogens with zero attached hydrogens (tertiary/aromatic N) is 3. The van der Waals surface area contributed by atoms with Gasteiger partial charge in [0, 0.05) is 25.3 Å². The first-order valence-corrected chi connectivity index (χ1v) is 5.90. The standard InChI is InChI=1S/C12H21N3O/c1-9(2)7-11(16)5-6-12-13-8-14-15(12)10(3)4/h8-10H,5-7H2,1-4H3. The van der Waals surface area contributed by atoms with Gasteiger partial charge in [-0.1, -0.05) is 13.8 Å². The van der Waals surface area contributed by atoms with Crippen LogP contribution in [0.25, 0.3) is 0 Å². The largest absolute Gasteiger partial charge is 0.300 e. The molecule has 1 aromatic heterocycles. The van der Waals surface area contributed by atoms with E-state index in [2.05, 4.69) is 37.8 Å². The molecule has 0 aliphatic heterocycles. The van der Waals surface area contributed by atoms with Gasteiger partial charge in [-0.15, -0.1) is 0 Å². The molecule has 0 aromatic carbocycles. The molecule has 1 heterocycles. The molecule has 0 aliphatic rings. The third-order valence-corrected chi connectivity index (χ3v) is 2.40. The predicted molar refractivity (Wildman–Crippen MR) is 63.2 cm³/mol. The molecule has 0 N–H and O–H groups in total. The van der Waals surface area contributed by atoms with E-state index < -0.39 is 0 Å². The van der Waals surface area contributed by atoms with Gasteiger partial charge in [-0.3, -0.25) is 4.79 Å². The number of Topliss-reactive ketones (excluding diaryl/α,β-unsaturated/α-hetero) is 1. The van der Waals surface area contributed by atoms with Gasteiger partial charge in [-0.05, 0) is 19.8 Å². The molecule has 1 aromatic rings. The number of hydrogen-bond donors (Lipinski definition) is 0. The molecule has 0 saturated heterocycles.